The molecule has 0 aliphatic heterocycles. The molecule has 2 saturated carbocycles. The molecule has 0 unspecified atom stereocenters. The summed E-state index contributed by atoms with van der Waals surface area (Å²) in [6, 6.07) is 7.55. The highest BCUT2D eigenvalue weighted by molar-refractivity contribution is 6.28. The molecule has 152 valence electrons. The van der Waals surface area contributed by atoms with Gasteiger partial charge in [0.15, 0.2) is 17.0 Å². The van der Waals surface area contributed by atoms with Crippen molar-refractivity contribution in [2.75, 3.05) is 11.9 Å². The number of aliphatic hydroxyl groups excluding tert-OH is 2. The van der Waals surface area contributed by atoms with Crippen molar-refractivity contribution in [2.45, 2.75) is 38.1 Å². The first-order chi connectivity index (χ1) is 14.1. The van der Waals surface area contributed by atoms with Gasteiger partial charge < -0.3 is 24.8 Å². The molecule has 0 saturated heterocycles. The van der Waals surface area contributed by atoms with Gasteiger partial charge in [-0.3, -0.25) is 0 Å². The maximum atomic E-state index is 10.5. The predicted molar refractivity (Wildman–Crippen MR) is 108 cm³/mol. The Balaban J connectivity index is 1.46. The highest BCUT2D eigenvalue weighted by Gasteiger charge is 2.60. The zero-order chi connectivity index (χ0) is 20.1. The van der Waals surface area contributed by atoms with Gasteiger partial charge >= 0.3 is 0 Å². The van der Waals surface area contributed by atoms with Crippen LogP contribution in [0, 0.1) is 11.8 Å². The van der Waals surface area contributed by atoms with E-state index in [1.54, 1.807) is 6.33 Å². The number of hydrogen-bond donors (Lipinski definition) is 3. The lowest BCUT2D eigenvalue weighted by Crippen LogP contribution is -2.31. The second-order valence-electron chi connectivity index (χ2n) is 7.59. The molecule has 29 heavy (non-hydrogen) atoms. The van der Waals surface area contributed by atoms with Crippen LogP contribution in [0.25, 0.3) is 11.2 Å². The number of aromatic nitrogens is 4. The Morgan fingerprint density at radius 3 is 2.79 bits per heavy atom. The van der Waals surface area contributed by atoms with E-state index in [9.17, 15) is 10.2 Å². The van der Waals surface area contributed by atoms with Gasteiger partial charge in [0.1, 0.15) is 11.9 Å². The molecule has 0 bridgehead atoms. The molecule has 2 aliphatic carbocycles. The Bertz CT molecular complexity index is 1060. The van der Waals surface area contributed by atoms with Gasteiger partial charge in [0, 0.05) is 12.1 Å². The van der Waals surface area contributed by atoms with Crippen molar-refractivity contribution in [3.63, 3.8) is 0 Å². The molecule has 0 amide bonds. The minimum atomic E-state index is -0.834. The zero-order valence-corrected chi connectivity index (χ0v) is 16.6. The smallest absolute Gasteiger partial charge is 0.226 e. The summed E-state index contributed by atoms with van der Waals surface area (Å²) in [4.78, 5) is 13.1. The van der Waals surface area contributed by atoms with Crippen LogP contribution in [0.1, 0.15) is 24.9 Å². The number of ether oxygens (including phenoxy) is 1. The average Bonchev–Trinajstić information content (AvgIpc) is 3.32. The van der Waals surface area contributed by atoms with Crippen molar-refractivity contribution >= 4 is 28.6 Å². The van der Waals surface area contributed by atoms with E-state index < -0.39 is 12.2 Å². The van der Waals surface area contributed by atoms with Crippen LogP contribution in [0.5, 0.6) is 5.75 Å². The molecule has 0 radical (unpaired) electrons. The number of aliphatic hydroxyl groups is 2. The summed E-state index contributed by atoms with van der Waals surface area (Å²) in [6.45, 7) is 3.02. The number of imidazole rings is 1. The van der Waals surface area contributed by atoms with Gasteiger partial charge in [-0.2, -0.15) is 9.97 Å². The van der Waals surface area contributed by atoms with Crippen molar-refractivity contribution in [1.82, 2.24) is 19.5 Å². The van der Waals surface area contributed by atoms with E-state index in [1.165, 1.54) is 0 Å². The predicted octanol–water partition coefficient (Wildman–Crippen LogP) is 2.40. The molecule has 5 rings (SSSR count). The van der Waals surface area contributed by atoms with Gasteiger partial charge in [0.2, 0.25) is 5.28 Å². The number of nitrogens with zero attached hydrogens (tertiary/aromatic N) is 4. The van der Waals surface area contributed by atoms with E-state index in [4.69, 9.17) is 16.3 Å². The molecular weight excluding hydrogens is 394 g/mol. The van der Waals surface area contributed by atoms with E-state index in [1.807, 2.05) is 35.8 Å². The molecule has 2 fully saturated rings. The van der Waals surface area contributed by atoms with Crippen LogP contribution in [0.15, 0.2) is 30.6 Å². The van der Waals surface area contributed by atoms with Crippen molar-refractivity contribution < 1.29 is 14.9 Å². The lowest BCUT2D eigenvalue weighted by molar-refractivity contribution is 0.00386. The normalized spacial score (nSPS) is 27.8. The van der Waals surface area contributed by atoms with Crippen LogP contribution >= 0.6 is 11.6 Å². The molecule has 2 aromatic heterocycles. The minimum Gasteiger partial charge on any atom is -0.494 e. The first kappa shape index (κ1) is 18.6. The van der Waals surface area contributed by atoms with Crippen molar-refractivity contribution in [3.8, 4) is 5.75 Å². The Kier molecular flexibility index (Phi) is 4.57. The van der Waals surface area contributed by atoms with Gasteiger partial charge in [-0.05, 0) is 42.8 Å². The van der Waals surface area contributed by atoms with E-state index in [2.05, 4.69) is 20.3 Å². The van der Waals surface area contributed by atoms with Crippen LogP contribution < -0.4 is 10.1 Å². The largest absolute Gasteiger partial charge is 0.494 e. The third-order valence-electron chi connectivity index (χ3n) is 5.90. The molecule has 0 spiro atoms. The maximum absolute atomic E-state index is 10.5. The van der Waals surface area contributed by atoms with Gasteiger partial charge in [-0.1, -0.05) is 18.2 Å². The van der Waals surface area contributed by atoms with E-state index in [-0.39, 0.29) is 23.2 Å². The molecular formula is C20H22ClN5O3. The van der Waals surface area contributed by atoms with Gasteiger partial charge in [0.25, 0.3) is 0 Å². The van der Waals surface area contributed by atoms with Crippen molar-refractivity contribution in [1.29, 1.82) is 0 Å². The van der Waals surface area contributed by atoms with E-state index in [0.717, 1.165) is 17.7 Å². The first-order valence-electron chi connectivity index (χ1n) is 9.79. The first-order valence-corrected chi connectivity index (χ1v) is 10.2. The number of benzene rings is 1. The number of anilines is 1. The second-order valence-corrected chi connectivity index (χ2v) is 7.93. The number of hydrogen-bond acceptors (Lipinski definition) is 7. The highest BCUT2D eigenvalue weighted by atomic mass is 35.5. The zero-order valence-electron chi connectivity index (χ0n) is 15.9. The molecule has 2 aliphatic rings. The molecule has 3 N–H and O–H groups in total. The number of nitrogens with one attached hydrogen (secondary N) is 1. The quantitative estimate of drug-likeness (QED) is 0.531. The number of para-hydroxylation sites is 1. The summed E-state index contributed by atoms with van der Waals surface area (Å²) in [5.74, 6) is 1.72. The number of fused-ring (bicyclic) bond motifs is 2. The Hall–Kier alpha value is -2.42. The molecule has 9 heteroatoms. The lowest BCUT2D eigenvalue weighted by atomic mass is 10.1. The Labute approximate surface area is 172 Å². The van der Waals surface area contributed by atoms with Gasteiger partial charge in [-0.15, -0.1) is 0 Å². The third-order valence-corrected chi connectivity index (χ3v) is 6.07. The van der Waals surface area contributed by atoms with Crippen LogP contribution in [0.2, 0.25) is 5.28 Å². The van der Waals surface area contributed by atoms with Crippen LogP contribution in [0.3, 0.4) is 0 Å². The summed E-state index contributed by atoms with van der Waals surface area (Å²) in [6.07, 6.45) is 1.02. The van der Waals surface area contributed by atoms with Crippen molar-refractivity contribution in [3.05, 3.63) is 41.4 Å². The van der Waals surface area contributed by atoms with Gasteiger partial charge in [0.05, 0.1) is 25.1 Å². The average molecular weight is 416 g/mol. The van der Waals surface area contributed by atoms with Crippen LogP contribution in [0.4, 0.5) is 5.82 Å². The van der Waals surface area contributed by atoms with Crippen molar-refractivity contribution in [2.24, 2.45) is 11.8 Å². The number of rotatable bonds is 6. The standard InChI is InChI=1S/C20H22ClN5O3/c1-2-29-13-6-4-3-5-10(13)8-22-18-14-19(25-20(21)24-18)26(9-23-14)15-11-7-12(11)16(27)17(15)28/h3-6,9,11-12,15-17,27-28H,2,7-8H2,1H3,(H,22,24,25)/t11-,12+,15+,16+,17-/m0/s1. The summed E-state index contributed by atoms with van der Waals surface area (Å²) in [5.41, 5.74) is 2.12. The minimum absolute atomic E-state index is 0.0974. The molecule has 1 aromatic carbocycles. The SMILES string of the molecule is CCOc1ccccc1CNc1nc(Cl)nc2c1ncn2[C@H]1[C@H](O)[C@H](O)[C@@H]2C[C@@H]21. The Morgan fingerprint density at radius 1 is 1.21 bits per heavy atom. The second kappa shape index (κ2) is 7.12. The summed E-state index contributed by atoms with van der Waals surface area (Å²) < 4.78 is 7.50. The van der Waals surface area contributed by atoms with Crippen LogP contribution in [-0.4, -0.2) is 48.5 Å². The fraction of sp³-hybridized carbons (Fsp3) is 0.450. The highest BCUT2D eigenvalue weighted by Crippen LogP contribution is 2.57. The summed E-state index contributed by atoms with van der Waals surface area (Å²) in [7, 11) is 0. The van der Waals surface area contributed by atoms with Crippen LogP contribution in [-0.2, 0) is 6.54 Å². The van der Waals surface area contributed by atoms with Gasteiger partial charge in [-0.25, -0.2) is 4.98 Å². The Morgan fingerprint density at radius 2 is 2.03 bits per heavy atom. The van der Waals surface area contributed by atoms with E-state index in [0.29, 0.717) is 30.1 Å². The van der Waals surface area contributed by atoms with E-state index >= 15 is 0 Å². The maximum Gasteiger partial charge on any atom is 0.226 e. The molecule has 3 aromatic rings. The molecule has 5 atom stereocenters. The summed E-state index contributed by atoms with van der Waals surface area (Å²) in [5, 5.41) is 24.0. The molecule has 2 heterocycles. The lowest BCUT2D eigenvalue weighted by Gasteiger charge is -2.22. The summed E-state index contributed by atoms with van der Waals surface area (Å²) >= 11 is 6.19. The third kappa shape index (κ3) is 3.11. The fourth-order valence-corrected chi connectivity index (χ4v) is 4.62. The monoisotopic (exact) mass is 415 g/mol. The molecule has 8 nitrogen and oxygen atoms in total. The fourth-order valence-electron chi connectivity index (χ4n) is 4.46. The number of halogens is 1. The topological polar surface area (TPSA) is 105 Å².